The molecule has 1 aliphatic rings. The Morgan fingerprint density at radius 2 is 1.96 bits per heavy atom. The van der Waals surface area contributed by atoms with Gasteiger partial charge in [0.2, 0.25) is 0 Å². The normalized spacial score (nSPS) is 14.7. The molecule has 1 saturated heterocycles. The van der Waals surface area contributed by atoms with Crippen LogP contribution in [0.2, 0.25) is 0 Å². The zero-order valence-electron chi connectivity index (χ0n) is 14.3. The van der Waals surface area contributed by atoms with Crippen LogP contribution in [0.3, 0.4) is 0 Å². The SMILES string of the molecule is Cc1nc(NCCN2CCOCC2)cc(Nc2ccccc2C#N)n1. The molecule has 2 aromatic rings. The molecule has 130 valence electrons. The van der Waals surface area contributed by atoms with Gasteiger partial charge in [0.15, 0.2) is 0 Å². The third-order valence-corrected chi connectivity index (χ3v) is 3.99. The number of rotatable bonds is 6. The monoisotopic (exact) mass is 338 g/mol. The van der Waals surface area contributed by atoms with E-state index in [0.717, 1.165) is 50.9 Å². The van der Waals surface area contributed by atoms with Crippen LogP contribution in [-0.2, 0) is 4.74 Å². The van der Waals surface area contributed by atoms with Crippen molar-refractivity contribution in [3.05, 3.63) is 41.7 Å². The van der Waals surface area contributed by atoms with Crippen LogP contribution in [-0.4, -0.2) is 54.3 Å². The fraction of sp³-hybridized carbons (Fsp3) is 0.389. The van der Waals surface area contributed by atoms with Gasteiger partial charge in [-0.05, 0) is 19.1 Å². The Balaban J connectivity index is 1.63. The first-order valence-corrected chi connectivity index (χ1v) is 8.40. The Morgan fingerprint density at radius 1 is 1.20 bits per heavy atom. The van der Waals surface area contributed by atoms with Crippen LogP contribution in [0.5, 0.6) is 0 Å². The van der Waals surface area contributed by atoms with E-state index in [1.807, 2.05) is 31.2 Å². The fourth-order valence-electron chi connectivity index (χ4n) is 2.72. The molecule has 0 radical (unpaired) electrons. The van der Waals surface area contributed by atoms with Crippen molar-refractivity contribution in [1.29, 1.82) is 5.26 Å². The molecule has 0 spiro atoms. The largest absolute Gasteiger partial charge is 0.379 e. The van der Waals surface area contributed by atoms with Crippen LogP contribution in [0, 0.1) is 18.3 Å². The molecule has 0 atom stereocenters. The van der Waals surface area contributed by atoms with Crippen molar-refractivity contribution < 1.29 is 4.74 Å². The lowest BCUT2D eigenvalue weighted by atomic mass is 10.2. The number of ether oxygens (including phenoxy) is 1. The average Bonchev–Trinajstić information content (AvgIpc) is 2.63. The van der Waals surface area contributed by atoms with Crippen LogP contribution in [0.4, 0.5) is 17.3 Å². The highest BCUT2D eigenvalue weighted by atomic mass is 16.5. The second-order valence-electron chi connectivity index (χ2n) is 5.85. The summed E-state index contributed by atoms with van der Waals surface area (Å²) in [5.74, 6) is 2.12. The molecule has 25 heavy (non-hydrogen) atoms. The van der Waals surface area contributed by atoms with E-state index in [1.54, 1.807) is 6.07 Å². The van der Waals surface area contributed by atoms with Crippen molar-refractivity contribution in [3.63, 3.8) is 0 Å². The van der Waals surface area contributed by atoms with Gasteiger partial charge in [-0.1, -0.05) is 12.1 Å². The number of nitrogens with one attached hydrogen (secondary N) is 2. The van der Waals surface area contributed by atoms with E-state index < -0.39 is 0 Å². The molecule has 2 heterocycles. The smallest absolute Gasteiger partial charge is 0.136 e. The van der Waals surface area contributed by atoms with E-state index in [2.05, 4.69) is 31.6 Å². The molecule has 1 fully saturated rings. The number of hydrogen-bond donors (Lipinski definition) is 2. The van der Waals surface area contributed by atoms with Crippen LogP contribution in [0.15, 0.2) is 30.3 Å². The summed E-state index contributed by atoms with van der Waals surface area (Å²) in [6, 6.07) is 11.4. The number of nitriles is 1. The molecule has 1 aliphatic heterocycles. The van der Waals surface area contributed by atoms with Gasteiger partial charge in [0.25, 0.3) is 0 Å². The molecule has 0 aliphatic carbocycles. The Hall–Kier alpha value is -2.69. The van der Waals surface area contributed by atoms with E-state index in [-0.39, 0.29) is 0 Å². The quantitative estimate of drug-likeness (QED) is 0.834. The summed E-state index contributed by atoms with van der Waals surface area (Å²) < 4.78 is 5.36. The number of para-hydroxylation sites is 1. The summed E-state index contributed by atoms with van der Waals surface area (Å²) in [6.45, 7) is 7.17. The predicted molar refractivity (Wildman–Crippen MR) is 97.0 cm³/mol. The maximum Gasteiger partial charge on any atom is 0.136 e. The Morgan fingerprint density at radius 3 is 2.76 bits per heavy atom. The first-order chi connectivity index (χ1) is 12.2. The number of hydrogen-bond acceptors (Lipinski definition) is 7. The van der Waals surface area contributed by atoms with Crippen molar-refractivity contribution in [1.82, 2.24) is 14.9 Å². The third kappa shape index (κ3) is 4.89. The minimum Gasteiger partial charge on any atom is -0.379 e. The summed E-state index contributed by atoms with van der Waals surface area (Å²) in [7, 11) is 0. The van der Waals surface area contributed by atoms with Crippen molar-refractivity contribution in [3.8, 4) is 6.07 Å². The topological polar surface area (TPSA) is 86.1 Å². The maximum atomic E-state index is 9.20. The molecule has 7 heteroatoms. The maximum absolute atomic E-state index is 9.20. The highest BCUT2D eigenvalue weighted by molar-refractivity contribution is 5.65. The molecule has 0 unspecified atom stereocenters. The molecular formula is C18H22N6O. The van der Waals surface area contributed by atoms with Gasteiger partial charge in [-0.3, -0.25) is 4.90 Å². The number of aromatic nitrogens is 2. The molecule has 0 bridgehead atoms. The van der Waals surface area contributed by atoms with Crippen molar-refractivity contribution >= 4 is 17.3 Å². The Kier molecular flexibility index (Phi) is 5.77. The molecule has 2 N–H and O–H groups in total. The van der Waals surface area contributed by atoms with Crippen LogP contribution >= 0.6 is 0 Å². The van der Waals surface area contributed by atoms with Gasteiger partial charge in [0, 0.05) is 32.2 Å². The van der Waals surface area contributed by atoms with E-state index in [4.69, 9.17) is 4.74 Å². The van der Waals surface area contributed by atoms with E-state index in [1.165, 1.54) is 0 Å². The molecular weight excluding hydrogens is 316 g/mol. The third-order valence-electron chi connectivity index (χ3n) is 3.99. The lowest BCUT2D eigenvalue weighted by molar-refractivity contribution is 0.0398. The summed E-state index contributed by atoms with van der Waals surface area (Å²) in [6.07, 6.45) is 0. The van der Waals surface area contributed by atoms with Gasteiger partial charge in [-0.15, -0.1) is 0 Å². The average molecular weight is 338 g/mol. The molecule has 7 nitrogen and oxygen atoms in total. The van der Waals surface area contributed by atoms with Crippen molar-refractivity contribution in [2.45, 2.75) is 6.92 Å². The van der Waals surface area contributed by atoms with Gasteiger partial charge >= 0.3 is 0 Å². The number of benzene rings is 1. The van der Waals surface area contributed by atoms with Gasteiger partial charge in [-0.25, -0.2) is 9.97 Å². The second kappa shape index (κ2) is 8.42. The minimum atomic E-state index is 0.584. The lowest BCUT2D eigenvalue weighted by Crippen LogP contribution is -2.39. The Labute approximate surface area is 147 Å². The van der Waals surface area contributed by atoms with Crippen molar-refractivity contribution in [2.75, 3.05) is 50.0 Å². The molecule has 1 aromatic heterocycles. The Bertz CT molecular complexity index is 751. The summed E-state index contributed by atoms with van der Waals surface area (Å²) >= 11 is 0. The van der Waals surface area contributed by atoms with Gasteiger partial charge in [-0.2, -0.15) is 5.26 Å². The highest BCUT2D eigenvalue weighted by Gasteiger charge is 2.10. The predicted octanol–water partition coefficient (Wildman–Crippen LogP) is 2.14. The van der Waals surface area contributed by atoms with Gasteiger partial charge < -0.3 is 15.4 Å². The number of aryl methyl sites for hydroxylation is 1. The second-order valence-corrected chi connectivity index (χ2v) is 5.85. The van der Waals surface area contributed by atoms with Crippen LogP contribution in [0.25, 0.3) is 0 Å². The summed E-state index contributed by atoms with van der Waals surface area (Å²) in [5.41, 5.74) is 1.32. The zero-order valence-corrected chi connectivity index (χ0v) is 14.3. The first kappa shape index (κ1) is 17.1. The van der Waals surface area contributed by atoms with E-state index in [9.17, 15) is 5.26 Å². The van der Waals surface area contributed by atoms with Gasteiger partial charge in [0.1, 0.15) is 23.5 Å². The number of nitrogens with zero attached hydrogens (tertiary/aromatic N) is 4. The molecule has 0 amide bonds. The van der Waals surface area contributed by atoms with Crippen LogP contribution < -0.4 is 10.6 Å². The number of anilines is 3. The molecule has 1 aromatic carbocycles. The standard InChI is InChI=1S/C18H22N6O/c1-14-21-17(20-6-7-24-8-10-25-11-9-24)12-18(22-14)23-16-5-3-2-4-15(16)13-19/h2-5,12H,6-11H2,1H3,(H2,20,21,22,23). The zero-order chi connectivity index (χ0) is 17.5. The minimum absolute atomic E-state index is 0.584. The van der Waals surface area contributed by atoms with E-state index in [0.29, 0.717) is 17.2 Å². The van der Waals surface area contributed by atoms with E-state index >= 15 is 0 Å². The first-order valence-electron chi connectivity index (χ1n) is 8.40. The fourth-order valence-corrected chi connectivity index (χ4v) is 2.72. The van der Waals surface area contributed by atoms with Crippen LogP contribution in [0.1, 0.15) is 11.4 Å². The molecule has 3 rings (SSSR count). The summed E-state index contributed by atoms with van der Waals surface area (Å²) in [5, 5.41) is 15.7. The lowest BCUT2D eigenvalue weighted by Gasteiger charge is -2.26. The van der Waals surface area contributed by atoms with Crippen molar-refractivity contribution in [2.24, 2.45) is 0 Å². The number of morpholine rings is 1. The molecule has 0 saturated carbocycles. The van der Waals surface area contributed by atoms with Gasteiger partial charge in [0.05, 0.1) is 24.5 Å². The highest BCUT2D eigenvalue weighted by Crippen LogP contribution is 2.20. The summed E-state index contributed by atoms with van der Waals surface area (Å²) in [4.78, 5) is 11.2.